The molecule has 1 aliphatic heterocycles. The number of rotatable bonds is 1. The third-order valence-corrected chi connectivity index (χ3v) is 5.03. The van der Waals surface area contributed by atoms with Gasteiger partial charge in [0.25, 0.3) is 0 Å². The van der Waals surface area contributed by atoms with Crippen LogP contribution in [0.5, 0.6) is 0 Å². The van der Waals surface area contributed by atoms with Gasteiger partial charge in [0, 0.05) is 11.4 Å². The molecule has 0 fully saturated rings. The Morgan fingerprint density at radius 2 is 2.12 bits per heavy atom. The van der Waals surface area contributed by atoms with Crippen molar-refractivity contribution in [1.82, 2.24) is 14.1 Å². The van der Waals surface area contributed by atoms with Crippen LogP contribution in [0.1, 0.15) is 26.5 Å². The van der Waals surface area contributed by atoms with Crippen LogP contribution < -0.4 is 0 Å². The first-order chi connectivity index (χ1) is 7.39. The van der Waals surface area contributed by atoms with E-state index < -0.39 is 11.4 Å². The van der Waals surface area contributed by atoms with E-state index in [1.807, 2.05) is 29.8 Å². The largest absolute Gasteiger partial charge is 0.597 e. The Labute approximate surface area is 107 Å². The molecule has 0 radical (unpaired) electrons. The highest BCUT2D eigenvalue weighted by atomic mass is 79.9. The lowest BCUT2D eigenvalue weighted by Crippen LogP contribution is -2.46. The van der Waals surface area contributed by atoms with Gasteiger partial charge >= 0.3 is 0 Å². The summed E-state index contributed by atoms with van der Waals surface area (Å²) in [5.41, 5.74) is 1.11. The van der Waals surface area contributed by atoms with Crippen molar-refractivity contribution in [2.24, 2.45) is 0 Å². The van der Waals surface area contributed by atoms with E-state index in [1.54, 1.807) is 6.20 Å². The van der Waals surface area contributed by atoms with E-state index in [-0.39, 0.29) is 4.75 Å². The van der Waals surface area contributed by atoms with Gasteiger partial charge in [0.1, 0.15) is 4.75 Å². The van der Waals surface area contributed by atoms with Crippen LogP contribution in [0.2, 0.25) is 0 Å². The molecule has 0 aliphatic carbocycles. The molecular formula is C10H16BrN3OS. The van der Waals surface area contributed by atoms with Crippen molar-refractivity contribution in [3.8, 4) is 0 Å². The number of fused-ring (bicyclic) bond motifs is 1. The molecule has 0 saturated heterocycles. The Hall–Kier alpha value is -0.0400. The van der Waals surface area contributed by atoms with Crippen LogP contribution in [0.3, 0.4) is 0 Å². The second-order valence-corrected chi connectivity index (χ2v) is 7.98. The number of aromatic nitrogens is 2. The lowest BCUT2D eigenvalue weighted by molar-refractivity contribution is 0.317. The van der Waals surface area contributed by atoms with Crippen molar-refractivity contribution in [2.75, 3.05) is 6.54 Å². The van der Waals surface area contributed by atoms with Crippen LogP contribution in [0.15, 0.2) is 10.7 Å². The van der Waals surface area contributed by atoms with Gasteiger partial charge in [-0.3, -0.25) is 4.68 Å². The Morgan fingerprint density at radius 3 is 2.75 bits per heavy atom. The summed E-state index contributed by atoms with van der Waals surface area (Å²) in [4.78, 5) is 0. The third-order valence-electron chi connectivity index (χ3n) is 2.54. The number of nitrogens with zero attached hydrogens (tertiary/aromatic N) is 3. The molecule has 90 valence electrons. The van der Waals surface area contributed by atoms with Crippen molar-refractivity contribution < 1.29 is 4.55 Å². The van der Waals surface area contributed by atoms with E-state index >= 15 is 0 Å². The molecule has 0 saturated carbocycles. The molecule has 0 spiro atoms. The van der Waals surface area contributed by atoms with Crippen LogP contribution in [-0.2, 0) is 24.5 Å². The lowest BCUT2D eigenvalue weighted by atomic mass is 10.3. The van der Waals surface area contributed by atoms with Gasteiger partial charge in [-0.1, -0.05) is 0 Å². The maximum Gasteiger partial charge on any atom is 0.137 e. The van der Waals surface area contributed by atoms with E-state index in [9.17, 15) is 4.55 Å². The summed E-state index contributed by atoms with van der Waals surface area (Å²) in [5, 5.41) is 4.26. The van der Waals surface area contributed by atoms with Gasteiger partial charge < -0.3 is 4.55 Å². The highest BCUT2D eigenvalue weighted by Crippen LogP contribution is 2.27. The van der Waals surface area contributed by atoms with E-state index in [0.29, 0.717) is 6.54 Å². The van der Waals surface area contributed by atoms with Crippen molar-refractivity contribution in [2.45, 2.75) is 38.6 Å². The lowest BCUT2D eigenvalue weighted by Gasteiger charge is -2.34. The van der Waals surface area contributed by atoms with E-state index in [0.717, 1.165) is 23.3 Å². The van der Waals surface area contributed by atoms with E-state index in [2.05, 4.69) is 21.0 Å². The number of hydrogen-bond donors (Lipinski definition) is 0. The topological polar surface area (TPSA) is 44.1 Å². The molecule has 1 aliphatic rings. The molecule has 1 unspecified atom stereocenters. The summed E-state index contributed by atoms with van der Waals surface area (Å²) < 4.78 is 17.0. The maximum absolute atomic E-state index is 12.3. The molecule has 2 heterocycles. The predicted molar refractivity (Wildman–Crippen MR) is 68.2 cm³/mol. The average Bonchev–Trinajstić information content (AvgIpc) is 2.58. The molecule has 16 heavy (non-hydrogen) atoms. The van der Waals surface area contributed by atoms with Gasteiger partial charge in [-0.15, -0.1) is 4.31 Å². The van der Waals surface area contributed by atoms with Crippen LogP contribution in [0.25, 0.3) is 0 Å². The summed E-state index contributed by atoms with van der Waals surface area (Å²) in [5.74, 6) is 0. The molecule has 1 atom stereocenters. The van der Waals surface area contributed by atoms with Crippen LogP contribution in [0, 0.1) is 0 Å². The van der Waals surface area contributed by atoms with E-state index in [1.165, 1.54) is 0 Å². The molecule has 0 bridgehead atoms. The molecule has 6 heteroatoms. The summed E-state index contributed by atoms with van der Waals surface area (Å²) in [6.45, 7) is 8.32. The van der Waals surface area contributed by atoms with Crippen LogP contribution >= 0.6 is 15.9 Å². The Morgan fingerprint density at radius 1 is 1.44 bits per heavy atom. The molecule has 1 aromatic rings. The first-order valence-corrected chi connectivity index (χ1v) is 7.16. The first kappa shape index (κ1) is 12.4. The third kappa shape index (κ3) is 2.30. The monoisotopic (exact) mass is 305 g/mol. The Balaban J connectivity index is 2.16. The fourth-order valence-corrected chi connectivity index (χ4v) is 3.40. The van der Waals surface area contributed by atoms with Gasteiger partial charge in [-0.25, -0.2) is 0 Å². The van der Waals surface area contributed by atoms with Gasteiger partial charge in [0.15, 0.2) is 0 Å². The van der Waals surface area contributed by atoms with Crippen molar-refractivity contribution >= 4 is 27.3 Å². The molecule has 0 aromatic carbocycles. The minimum atomic E-state index is -0.952. The summed E-state index contributed by atoms with van der Waals surface area (Å²) in [7, 11) is 0. The fraction of sp³-hybridized carbons (Fsp3) is 0.700. The van der Waals surface area contributed by atoms with Gasteiger partial charge in [0.2, 0.25) is 0 Å². The second-order valence-electron chi connectivity index (χ2n) is 4.89. The minimum absolute atomic E-state index is 0.200. The van der Waals surface area contributed by atoms with Gasteiger partial charge in [0.05, 0.1) is 36.0 Å². The number of hydrogen-bond acceptors (Lipinski definition) is 3. The second kappa shape index (κ2) is 4.33. The number of halogens is 1. The van der Waals surface area contributed by atoms with Crippen LogP contribution in [0.4, 0.5) is 0 Å². The standard InChI is InChI=1S/C10H16BrN3OS/c1-10(2,3)16(15)13-4-5-14-9(7-13)8(11)6-12-14/h6H,4-5,7H2,1-3H3. The molecule has 0 amide bonds. The summed E-state index contributed by atoms with van der Waals surface area (Å²) in [6, 6.07) is 0. The summed E-state index contributed by atoms with van der Waals surface area (Å²) >= 11 is 2.52. The zero-order valence-corrected chi connectivity index (χ0v) is 12.1. The predicted octanol–water partition coefficient (Wildman–Crippen LogP) is 1.92. The molecule has 2 rings (SSSR count). The van der Waals surface area contributed by atoms with Gasteiger partial charge in [-0.05, 0) is 36.7 Å². The zero-order valence-electron chi connectivity index (χ0n) is 9.73. The molecule has 1 aromatic heterocycles. The zero-order chi connectivity index (χ0) is 11.9. The SMILES string of the molecule is CC(C)(C)[S+]([O-])N1CCn2ncc(Br)c2C1. The Bertz CT molecular complexity index is 388. The average molecular weight is 306 g/mol. The maximum atomic E-state index is 12.3. The summed E-state index contributed by atoms with van der Waals surface area (Å²) in [6.07, 6.45) is 1.80. The van der Waals surface area contributed by atoms with Crippen molar-refractivity contribution in [3.05, 3.63) is 16.4 Å². The quantitative estimate of drug-likeness (QED) is 0.745. The van der Waals surface area contributed by atoms with Crippen molar-refractivity contribution in [3.63, 3.8) is 0 Å². The molecular weight excluding hydrogens is 290 g/mol. The fourth-order valence-electron chi connectivity index (χ4n) is 1.72. The van der Waals surface area contributed by atoms with E-state index in [4.69, 9.17) is 0 Å². The molecule has 0 N–H and O–H groups in total. The smallest absolute Gasteiger partial charge is 0.137 e. The minimum Gasteiger partial charge on any atom is -0.597 e. The highest BCUT2D eigenvalue weighted by molar-refractivity contribution is 9.10. The Kier molecular flexibility index (Phi) is 3.36. The first-order valence-electron chi connectivity index (χ1n) is 5.27. The van der Waals surface area contributed by atoms with Crippen LogP contribution in [-0.4, -0.2) is 29.9 Å². The molecule has 4 nitrogen and oxygen atoms in total. The van der Waals surface area contributed by atoms with Gasteiger partial charge in [-0.2, -0.15) is 5.10 Å². The van der Waals surface area contributed by atoms with Crippen molar-refractivity contribution in [1.29, 1.82) is 0 Å². The normalized spacial score (nSPS) is 19.6. The highest BCUT2D eigenvalue weighted by Gasteiger charge is 2.35.